The Kier molecular flexibility index (Phi) is 9.15. The summed E-state index contributed by atoms with van der Waals surface area (Å²) >= 11 is 1.42. The number of nitrogens with one attached hydrogen (secondary N) is 1. The molecular formula is C20H28ClN5OS. The minimum Gasteiger partial charge on any atom is -0.333 e. The molecule has 0 radical (unpaired) electrons. The van der Waals surface area contributed by atoms with Gasteiger partial charge >= 0.3 is 0 Å². The number of pyridine rings is 1. The highest BCUT2D eigenvalue weighted by atomic mass is 35.5. The second-order valence-corrected chi connectivity index (χ2v) is 7.84. The molecule has 1 aliphatic rings. The lowest BCUT2D eigenvalue weighted by atomic mass is 10.1. The van der Waals surface area contributed by atoms with Crippen molar-refractivity contribution in [3.05, 3.63) is 47.5 Å². The van der Waals surface area contributed by atoms with Gasteiger partial charge in [0.25, 0.3) is 0 Å². The summed E-state index contributed by atoms with van der Waals surface area (Å²) in [6.07, 6.45) is 4.87. The second-order valence-electron chi connectivity index (χ2n) is 6.90. The van der Waals surface area contributed by atoms with Crippen molar-refractivity contribution in [1.82, 2.24) is 25.2 Å². The lowest BCUT2D eigenvalue weighted by Crippen LogP contribution is -2.41. The van der Waals surface area contributed by atoms with Crippen molar-refractivity contribution in [2.45, 2.75) is 50.9 Å². The minimum atomic E-state index is 0. The van der Waals surface area contributed by atoms with Crippen LogP contribution >= 0.6 is 24.2 Å². The van der Waals surface area contributed by atoms with Gasteiger partial charge < -0.3 is 10.2 Å². The standard InChI is InChI=1S/C20H27N5OS.ClH/c1-15-12-16(2)24-20(23-15)27-14-19(26)25(13-17-6-3-4-10-22-17)18-7-5-9-21-11-8-18;/h3-4,6,10,12,18,21H,5,7-9,11,13-14H2,1-2H3;1H. The van der Waals surface area contributed by atoms with Crippen molar-refractivity contribution in [3.8, 4) is 0 Å². The van der Waals surface area contributed by atoms with Crippen LogP contribution in [-0.4, -0.2) is 50.6 Å². The Bertz CT molecular complexity index is 733. The highest BCUT2D eigenvalue weighted by molar-refractivity contribution is 7.99. The van der Waals surface area contributed by atoms with Crippen molar-refractivity contribution in [2.24, 2.45) is 0 Å². The number of nitrogens with zero attached hydrogens (tertiary/aromatic N) is 4. The summed E-state index contributed by atoms with van der Waals surface area (Å²) in [5.41, 5.74) is 2.78. The van der Waals surface area contributed by atoms with Gasteiger partial charge in [-0.2, -0.15) is 0 Å². The maximum Gasteiger partial charge on any atom is 0.233 e. The molecule has 1 unspecified atom stereocenters. The van der Waals surface area contributed by atoms with Crippen LogP contribution in [0.1, 0.15) is 36.3 Å². The van der Waals surface area contributed by atoms with Crippen molar-refractivity contribution in [2.75, 3.05) is 18.8 Å². The largest absolute Gasteiger partial charge is 0.333 e. The first kappa shape index (κ1) is 22.6. The van der Waals surface area contributed by atoms with Gasteiger partial charge in [-0.1, -0.05) is 17.8 Å². The molecule has 1 amide bonds. The fourth-order valence-electron chi connectivity index (χ4n) is 3.37. The quantitative estimate of drug-likeness (QED) is 0.570. The molecule has 0 aliphatic carbocycles. The van der Waals surface area contributed by atoms with Gasteiger partial charge in [0.1, 0.15) is 0 Å². The molecule has 1 fully saturated rings. The predicted molar refractivity (Wildman–Crippen MR) is 115 cm³/mol. The van der Waals surface area contributed by atoms with E-state index in [1.165, 1.54) is 11.8 Å². The van der Waals surface area contributed by atoms with Gasteiger partial charge in [-0.25, -0.2) is 9.97 Å². The average molecular weight is 422 g/mol. The second kappa shape index (κ2) is 11.3. The van der Waals surface area contributed by atoms with Gasteiger partial charge in [-0.15, -0.1) is 12.4 Å². The van der Waals surface area contributed by atoms with Gasteiger partial charge in [0.05, 0.1) is 18.0 Å². The summed E-state index contributed by atoms with van der Waals surface area (Å²) < 4.78 is 0. The van der Waals surface area contributed by atoms with E-state index in [1.807, 2.05) is 43.0 Å². The summed E-state index contributed by atoms with van der Waals surface area (Å²) in [5, 5.41) is 4.09. The lowest BCUT2D eigenvalue weighted by Gasteiger charge is -2.31. The number of rotatable bonds is 6. The van der Waals surface area contributed by atoms with Gasteiger partial charge in [0.2, 0.25) is 5.91 Å². The lowest BCUT2D eigenvalue weighted by molar-refractivity contribution is -0.131. The molecule has 1 N–H and O–H groups in total. The zero-order valence-electron chi connectivity index (χ0n) is 16.4. The molecule has 3 heterocycles. The van der Waals surface area contributed by atoms with E-state index in [2.05, 4.69) is 20.3 Å². The van der Waals surface area contributed by atoms with Crippen LogP contribution in [0, 0.1) is 13.8 Å². The number of aromatic nitrogens is 3. The van der Waals surface area contributed by atoms with Crippen LogP contribution in [0.2, 0.25) is 0 Å². The molecule has 0 bridgehead atoms. The SMILES string of the molecule is Cc1cc(C)nc(SCC(=O)N(Cc2ccccn2)C2CCCNCC2)n1.Cl. The number of halogens is 1. The molecule has 152 valence electrons. The molecule has 6 nitrogen and oxygen atoms in total. The van der Waals surface area contributed by atoms with Gasteiger partial charge in [-0.3, -0.25) is 9.78 Å². The summed E-state index contributed by atoms with van der Waals surface area (Å²) in [5.74, 6) is 0.472. The maximum atomic E-state index is 13.1. The first-order chi connectivity index (χ1) is 13.1. The van der Waals surface area contributed by atoms with E-state index in [9.17, 15) is 4.79 Å². The molecule has 0 saturated carbocycles. The Hall–Kier alpha value is -1.70. The maximum absolute atomic E-state index is 13.1. The first-order valence-corrected chi connectivity index (χ1v) is 10.5. The number of hydrogen-bond acceptors (Lipinski definition) is 6. The molecule has 2 aromatic rings. The van der Waals surface area contributed by atoms with Crippen LogP contribution in [0.15, 0.2) is 35.6 Å². The van der Waals surface area contributed by atoms with E-state index in [-0.39, 0.29) is 24.4 Å². The Morgan fingerprint density at radius 3 is 2.71 bits per heavy atom. The van der Waals surface area contributed by atoms with Crippen LogP contribution in [0.3, 0.4) is 0 Å². The fourth-order valence-corrected chi connectivity index (χ4v) is 4.20. The smallest absolute Gasteiger partial charge is 0.233 e. The number of aryl methyl sites for hydroxylation is 2. The molecule has 1 aliphatic heterocycles. The average Bonchev–Trinajstić information content (AvgIpc) is 2.93. The van der Waals surface area contributed by atoms with Crippen LogP contribution < -0.4 is 5.32 Å². The Labute approximate surface area is 177 Å². The molecular weight excluding hydrogens is 394 g/mol. The number of amides is 1. The minimum absolute atomic E-state index is 0. The van der Waals surface area contributed by atoms with E-state index in [0.717, 1.165) is 49.4 Å². The Morgan fingerprint density at radius 1 is 1.21 bits per heavy atom. The van der Waals surface area contributed by atoms with E-state index in [1.54, 1.807) is 6.20 Å². The topological polar surface area (TPSA) is 71.0 Å². The summed E-state index contributed by atoms with van der Waals surface area (Å²) in [4.78, 5) is 28.4. The van der Waals surface area contributed by atoms with Crippen molar-refractivity contribution in [1.29, 1.82) is 0 Å². The summed E-state index contributed by atoms with van der Waals surface area (Å²) in [6.45, 7) is 6.43. The first-order valence-electron chi connectivity index (χ1n) is 9.47. The van der Waals surface area contributed by atoms with E-state index in [0.29, 0.717) is 17.5 Å². The Balaban J connectivity index is 0.00000280. The van der Waals surface area contributed by atoms with E-state index < -0.39 is 0 Å². The van der Waals surface area contributed by atoms with Gasteiger partial charge in [0, 0.05) is 23.6 Å². The third-order valence-corrected chi connectivity index (χ3v) is 5.48. The third kappa shape index (κ3) is 6.72. The third-order valence-electron chi connectivity index (χ3n) is 4.65. The van der Waals surface area contributed by atoms with E-state index >= 15 is 0 Å². The van der Waals surface area contributed by atoms with Crippen LogP contribution in [0.4, 0.5) is 0 Å². The summed E-state index contributed by atoms with van der Waals surface area (Å²) in [7, 11) is 0. The number of thioether (sulfide) groups is 1. The molecule has 28 heavy (non-hydrogen) atoms. The Morgan fingerprint density at radius 2 is 2.00 bits per heavy atom. The number of carbonyl (C=O) groups excluding carboxylic acids is 1. The van der Waals surface area contributed by atoms with Crippen molar-refractivity contribution in [3.63, 3.8) is 0 Å². The van der Waals surface area contributed by atoms with Crippen LogP contribution in [0.5, 0.6) is 0 Å². The number of hydrogen-bond donors (Lipinski definition) is 1. The molecule has 1 atom stereocenters. The molecule has 3 rings (SSSR count). The molecule has 2 aromatic heterocycles. The fraction of sp³-hybridized carbons (Fsp3) is 0.500. The van der Waals surface area contributed by atoms with Gasteiger partial charge in [0.15, 0.2) is 5.16 Å². The van der Waals surface area contributed by atoms with Crippen molar-refractivity contribution < 1.29 is 4.79 Å². The molecule has 0 aromatic carbocycles. The van der Waals surface area contributed by atoms with Gasteiger partial charge in [-0.05, 0) is 64.4 Å². The predicted octanol–water partition coefficient (Wildman–Crippen LogP) is 3.17. The van der Waals surface area contributed by atoms with E-state index in [4.69, 9.17) is 0 Å². The monoisotopic (exact) mass is 421 g/mol. The highest BCUT2D eigenvalue weighted by Gasteiger charge is 2.25. The molecule has 0 spiro atoms. The van der Waals surface area contributed by atoms with Crippen molar-refractivity contribution >= 4 is 30.1 Å². The van der Waals surface area contributed by atoms with Crippen LogP contribution in [-0.2, 0) is 11.3 Å². The normalized spacial score (nSPS) is 16.7. The molecule has 1 saturated heterocycles. The molecule has 8 heteroatoms. The highest BCUT2D eigenvalue weighted by Crippen LogP contribution is 2.20. The van der Waals surface area contributed by atoms with Crippen LogP contribution in [0.25, 0.3) is 0 Å². The zero-order chi connectivity index (χ0) is 19.1. The zero-order valence-corrected chi connectivity index (χ0v) is 18.1. The number of carbonyl (C=O) groups is 1. The summed E-state index contributed by atoms with van der Waals surface area (Å²) in [6, 6.07) is 8.04.